The maximum atomic E-state index is 12.5. The van der Waals surface area contributed by atoms with Crippen LogP contribution in [0.4, 0.5) is 5.69 Å². The minimum atomic E-state index is -0.154. The van der Waals surface area contributed by atoms with Crippen molar-refractivity contribution in [2.75, 3.05) is 31.1 Å². The second-order valence-corrected chi connectivity index (χ2v) is 6.66. The van der Waals surface area contributed by atoms with Gasteiger partial charge in [-0.1, -0.05) is 20.8 Å². The molecule has 0 aliphatic carbocycles. The number of piperazine rings is 1. The molecular weight excluding hydrogens is 294 g/mol. The van der Waals surface area contributed by atoms with Gasteiger partial charge in [0.1, 0.15) is 5.76 Å². The molecule has 0 atom stereocenters. The van der Waals surface area contributed by atoms with Gasteiger partial charge in [-0.3, -0.25) is 4.79 Å². The highest BCUT2D eigenvalue weighted by Gasteiger charge is 2.27. The van der Waals surface area contributed by atoms with Gasteiger partial charge in [-0.25, -0.2) is 4.98 Å². The van der Waals surface area contributed by atoms with Gasteiger partial charge in [-0.2, -0.15) is 10.2 Å². The number of rotatable bonds is 2. The molecule has 0 bridgehead atoms. The van der Waals surface area contributed by atoms with Crippen molar-refractivity contribution in [1.29, 1.82) is 0 Å². The monoisotopic (exact) mass is 315 g/mol. The fourth-order valence-electron chi connectivity index (χ4n) is 2.49. The summed E-state index contributed by atoms with van der Waals surface area (Å²) in [5.74, 6) is 0.754. The Balaban J connectivity index is 1.63. The van der Waals surface area contributed by atoms with Gasteiger partial charge in [0, 0.05) is 31.6 Å². The molecule has 122 valence electrons. The molecular formula is C16H21N5O2. The van der Waals surface area contributed by atoms with E-state index in [1.54, 1.807) is 23.5 Å². The van der Waals surface area contributed by atoms with Crippen LogP contribution in [0.3, 0.4) is 0 Å². The number of hydrogen-bond acceptors (Lipinski definition) is 6. The van der Waals surface area contributed by atoms with Crippen LogP contribution in [0.5, 0.6) is 0 Å². The van der Waals surface area contributed by atoms with Crippen LogP contribution in [0.2, 0.25) is 0 Å². The van der Waals surface area contributed by atoms with Crippen LogP contribution in [0.15, 0.2) is 29.1 Å². The standard InChI is InChI=1S/C16H21N5O2/c1-16(2,3)13-11-17-14(23-13)15(22)21-8-6-20(7-9-21)12-4-5-18-19-10-12/h4-5,10-11H,6-9H2,1-3H3. The Bertz CT molecular complexity index is 669. The Morgan fingerprint density at radius 1 is 1.13 bits per heavy atom. The van der Waals surface area contributed by atoms with Gasteiger partial charge >= 0.3 is 5.91 Å². The number of aromatic nitrogens is 3. The van der Waals surface area contributed by atoms with Gasteiger partial charge in [0.15, 0.2) is 0 Å². The van der Waals surface area contributed by atoms with Crippen LogP contribution >= 0.6 is 0 Å². The highest BCUT2D eigenvalue weighted by atomic mass is 16.4. The molecule has 1 aliphatic rings. The zero-order chi connectivity index (χ0) is 16.4. The van der Waals surface area contributed by atoms with Crippen LogP contribution < -0.4 is 4.90 Å². The van der Waals surface area contributed by atoms with E-state index in [2.05, 4.69) is 20.1 Å². The summed E-state index contributed by atoms with van der Waals surface area (Å²) in [6.07, 6.45) is 5.06. The first-order chi connectivity index (χ1) is 10.9. The lowest BCUT2D eigenvalue weighted by Crippen LogP contribution is -2.48. The SMILES string of the molecule is CC(C)(C)c1cnc(C(=O)N2CCN(c3ccnnc3)CC2)o1. The Kier molecular flexibility index (Phi) is 4.02. The lowest BCUT2D eigenvalue weighted by atomic mass is 9.94. The summed E-state index contributed by atoms with van der Waals surface area (Å²) in [6, 6.07) is 1.92. The van der Waals surface area contributed by atoms with Crippen molar-refractivity contribution in [1.82, 2.24) is 20.1 Å². The molecule has 2 aromatic rings. The molecule has 1 aliphatic heterocycles. The molecule has 0 spiro atoms. The Hall–Kier alpha value is -2.44. The summed E-state index contributed by atoms with van der Waals surface area (Å²) in [5, 5.41) is 7.67. The maximum Gasteiger partial charge on any atom is 0.309 e. The molecule has 1 saturated heterocycles. The van der Waals surface area contributed by atoms with Crippen molar-refractivity contribution >= 4 is 11.6 Å². The van der Waals surface area contributed by atoms with Gasteiger partial charge in [0.25, 0.3) is 5.89 Å². The number of oxazole rings is 1. The number of nitrogens with zero attached hydrogens (tertiary/aromatic N) is 5. The van der Waals surface area contributed by atoms with Gasteiger partial charge in [-0.15, -0.1) is 0 Å². The van der Waals surface area contributed by atoms with Crippen LogP contribution in [0.25, 0.3) is 0 Å². The van der Waals surface area contributed by atoms with E-state index in [4.69, 9.17) is 4.42 Å². The summed E-state index contributed by atoms with van der Waals surface area (Å²) in [6.45, 7) is 8.87. The lowest BCUT2D eigenvalue weighted by Gasteiger charge is -2.35. The number of anilines is 1. The van der Waals surface area contributed by atoms with Crippen molar-refractivity contribution in [3.8, 4) is 0 Å². The second-order valence-electron chi connectivity index (χ2n) is 6.66. The average molecular weight is 315 g/mol. The van der Waals surface area contributed by atoms with Gasteiger partial charge in [-0.05, 0) is 6.07 Å². The Labute approximate surface area is 135 Å². The van der Waals surface area contributed by atoms with Gasteiger partial charge in [0.2, 0.25) is 0 Å². The van der Waals surface area contributed by atoms with Crippen molar-refractivity contribution in [3.05, 3.63) is 36.3 Å². The summed E-state index contributed by atoms with van der Waals surface area (Å²) in [5.41, 5.74) is 0.872. The first-order valence-corrected chi connectivity index (χ1v) is 7.72. The first-order valence-electron chi connectivity index (χ1n) is 7.72. The molecule has 3 heterocycles. The largest absolute Gasteiger partial charge is 0.437 e. The highest BCUT2D eigenvalue weighted by molar-refractivity contribution is 5.89. The third kappa shape index (κ3) is 3.33. The summed E-state index contributed by atoms with van der Waals surface area (Å²) < 4.78 is 5.64. The molecule has 7 nitrogen and oxygen atoms in total. The molecule has 1 amide bonds. The number of carbonyl (C=O) groups excluding carboxylic acids is 1. The topological polar surface area (TPSA) is 75.4 Å². The van der Waals surface area contributed by atoms with E-state index < -0.39 is 0 Å². The van der Waals surface area contributed by atoms with Gasteiger partial charge < -0.3 is 14.2 Å². The van der Waals surface area contributed by atoms with E-state index in [0.29, 0.717) is 13.1 Å². The van der Waals surface area contributed by atoms with E-state index >= 15 is 0 Å². The average Bonchev–Trinajstić information content (AvgIpc) is 3.05. The molecule has 1 fully saturated rings. The molecule has 0 N–H and O–H groups in total. The summed E-state index contributed by atoms with van der Waals surface area (Å²) in [4.78, 5) is 20.6. The zero-order valence-corrected chi connectivity index (χ0v) is 13.7. The second kappa shape index (κ2) is 5.98. The van der Waals surface area contributed by atoms with E-state index in [1.807, 2.05) is 26.8 Å². The quantitative estimate of drug-likeness (QED) is 0.840. The van der Waals surface area contributed by atoms with E-state index in [1.165, 1.54) is 0 Å². The summed E-state index contributed by atoms with van der Waals surface area (Å²) >= 11 is 0. The van der Waals surface area contributed by atoms with Crippen molar-refractivity contribution in [3.63, 3.8) is 0 Å². The van der Waals surface area contributed by atoms with Crippen LogP contribution in [0, 0.1) is 0 Å². The fraction of sp³-hybridized carbons (Fsp3) is 0.500. The third-order valence-electron chi connectivity index (χ3n) is 3.93. The van der Waals surface area contributed by atoms with Crippen molar-refractivity contribution in [2.45, 2.75) is 26.2 Å². The zero-order valence-electron chi connectivity index (χ0n) is 13.7. The number of hydrogen-bond donors (Lipinski definition) is 0. The predicted molar refractivity (Wildman–Crippen MR) is 85.4 cm³/mol. The molecule has 0 saturated carbocycles. The minimum Gasteiger partial charge on any atom is -0.437 e. The smallest absolute Gasteiger partial charge is 0.309 e. The number of carbonyl (C=O) groups is 1. The molecule has 0 unspecified atom stereocenters. The molecule has 7 heteroatoms. The van der Waals surface area contributed by atoms with Crippen molar-refractivity contribution < 1.29 is 9.21 Å². The van der Waals surface area contributed by atoms with Crippen molar-refractivity contribution in [2.24, 2.45) is 0 Å². The van der Waals surface area contributed by atoms with E-state index in [0.717, 1.165) is 24.5 Å². The minimum absolute atomic E-state index is 0.145. The van der Waals surface area contributed by atoms with Crippen LogP contribution in [-0.2, 0) is 5.41 Å². The maximum absolute atomic E-state index is 12.5. The van der Waals surface area contributed by atoms with E-state index in [-0.39, 0.29) is 17.2 Å². The number of amides is 1. The molecule has 0 radical (unpaired) electrons. The predicted octanol–water partition coefficient (Wildman–Crippen LogP) is 1.72. The first kappa shape index (κ1) is 15.5. The van der Waals surface area contributed by atoms with Gasteiger partial charge in [0.05, 0.1) is 24.3 Å². The van der Waals surface area contributed by atoms with Crippen LogP contribution in [-0.4, -0.2) is 52.2 Å². The molecule has 2 aromatic heterocycles. The molecule has 23 heavy (non-hydrogen) atoms. The summed E-state index contributed by atoms with van der Waals surface area (Å²) in [7, 11) is 0. The Morgan fingerprint density at radius 2 is 1.87 bits per heavy atom. The molecule has 0 aromatic carbocycles. The normalized spacial score (nSPS) is 15.8. The third-order valence-corrected chi connectivity index (χ3v) is 3.93. The fourth-order valence-corrected chi connectivity index (χ4v) is 2.49. The van der Waals surface area contributed by atoms with E-state index in [9.17, 15) is 4.79 Å². The molecule has 3 rings (SSSR count). The van der Waals surface area contributed by atoms with Crippen LogP contribution in [0.1, 0.15) is 37.2 Å². The lowest BCUT2D eigenvalue weighted by molar-refractivity contribution is 0.0703. The highest BCUT2D eigenvalue weighted by Crippen LogP contribution is 2.23. The Morgan fingerprint density at radius 3 is 2.43 bits per heavy atom.